The summed E-state index contributed by atoms with van der Waals surface area (Å²) in [6, 6.07) is -0.384. The molecule has 5 nitrogen and oxygen atoms in total. The van der Waals surface area contributed by atoms with Crippen LogP contribution in [0.15, 0.2) is 0 Å². The third-order valence-corrected chi connectivity index (χ3v) is 5.02. The van der Waals surface area contributed by atoms with Crippen LogP contribution >= 0.6 is 12.4 Å². The number of amides is 2. The molecule has 0 aromatic carbocycles. The van der Waals surface area contributed by atoms with Crippen LogP contribution in [0.1, 0.15) is 58.3 Å². The first-order chi connectivity index (χ1) is 10.6. The fraction of sp³-hybridized carbons (Fsp3) is 0.882. The second-order valence-corrected chi connectivity index (χ2v) is 6.81. The van der Waals surface area contributed by atoms with E-state index in [1.165, 1.54) is 25.7 Å². The average molecular weight is 346 g/mol. The Bertz CT molecular complexity index is 386. The fourth-order valence-electron chi connectivity index (χ4n) is 3.65. The second kappa shape index (κ2) is 10.1. The van der Waals surface area contributed by atoms with E-state index < -0.39 is 0 Å². The van der Waals surface area contributed by atoms with Crippen LogP contribution in [0.5, 0.6) is 0 Å². The molecule has 1 unspecified atom stereocenters. The molecule has 1 saturated carbocycles. The maximum Gasteiger partial charge on any atom is 0.239 e. The quantitative estimate of drug-likeness (QED) is 0.830. The third-order valence-electron chi connectivity index (χ3n) is 5.02. The molecule has 0 aromatic rings. The second-order valence-electron chi connectivity index (χ2n) is 6.81. The van der Waals surface area contributed by atoms with Crippen molar-refractivity contribution in [1.29, 1.82) is 0 Å². The van der Waals surface area contributed by atoms with Gasteiger partial charge in [-0.1, -0.05) is 26.2 Å². The van der Waals surface area contributed by atoms with Crippen LogP contribution in [0.4, 0.5) is 0 Å². The highest BCUT2D eigenvalue weighted by molar-refractivity contribution is 5.85. The Morgan fingerprint density at radius 2 is 1.65 bits per heavy atom. The normalized spacial score (nSPS) is 20.8. The minimum Gasteiger partial charge on any atom is -0.341 e. The molecule has 1 aliphatic carbocycles. The fourth-order valence-corrected chi connectivity index (χ4v) is 3.65. The highest BCUT2D eigenvalue weighted by Crippen LogP contribution is 2.28. The molecule has 0 bridgehead atoms. The Labute approximate surface area is 146 Å². The van der Waals surface area contributed by atoms with Gasteiger partial charge < -0.3 is 15.5 Å². The van der Waals surface area contributed by atoms with Gasteiger partial charge in [-0.15, -0.1) is 12.4 Å². The van der Waals surface area contributed by atoms with E-state index in [4.69, 9.17) is 5.73 Å². The molecular weight excluding hydrogens is 314 g/mol. The largest absolute Gasteiger partial charge is 0.341 e. The predicted octanol–water partition coefficient (Wildman–Crippen LogP) is 2.18. The van der Waals surface area contributed by atoms with Crippen molar-refractivity contribution in [3.63, 3.8) is 0 Å². The van der Waals surface area contributed by atoms with Crippen molar-refractivity contribution >= 4 is 24.2 Å². The molecule has 1 heterocycles. The minimum absolute atomic E-state index is 0. The predicted molar refractivity (Wildman–Crippen MR) is 94.5 cm³/mol. The van der Waals surface area contributed by atoms with E-state index in [9.17, 15) is 9.59 Å². The summed E-state index contributed by atoms with van der Waals surface area (Å²) in [5, 5.41) is 0. The standard InChI is InChI=1S/C17H31N3O2.ClH/c1-2-6-15(18)17(22)20-10-5-9-19(11-12-20)16(21)13-14-7-3-4-8-14;/h14-15H,2-13,18H2,1H3;1H. The summed E-state index contributed by atoms with van der Waals surface area (Å²) in [5.74, 6) is 0.914. The van der Waals surface area contributed by atoms with Gasteiger partial charge >= 0.3 is 0 Å². The zero-order valence-electron chi connectivity index (χ0n) is 14.3. The minimum atomic E-state index is -0.384. The van der Waals surface area contributed by atoms with Crippen molar-refractivity contribution in [3.8, 4) is 0 Å². The van der Waals surface area contributed by atoms with E-state index in [1.807, 2.05) is 16.7 Å². The summed E-state index contributed by atoms with van der Waals surface area (Å²) >= 11 is 0. The molecule has 2 aliphatic rings. The number of nitrogens with two attached hydrogens (primary N) is 1. The first kappa shape index (κ1) is 20.2. The van der Waals surface area contributed by atoms with Crippen LogP contribution in [0.3, 0.4) is 0 Å². The Morgan fingerprint density at radius 3 is 2.30 bits per heavy atom. The summed E-state index contributed by atoms with van der Waals surface area (Å²) in [7, 11) is 0. The number of hydrogen-bond donors (Lipinski definition) is 1. The number of hydrogen-bond acceptors (Lipinski definition) is 3. The maximum absolute atomic E-state index is 12.4. The van der Waals surface area contributed by atoms with Crippen LogP contribution in [0.2, 0.25) is 0 Å². The highest BCUT2D eigenvalue weighted by atomic mass is 35.5. The van der Waals surface area contributed by atoms with Crippen molar-refractivity contribution in [2.45, 2.75) is 64.3 Å². The lowest BCUT2D eigenvalue weighted by atomic mass is 10.0. The molecule has 2 N–H and O–H groups in total. The Hall–Kier alpha value is -0.810. The summed E-state index contributed by atoms with van der Waals surface area (Å²) in [6.07, 6.45) is 8.17. The first-order valence-electron chi connectivity index (χ1n) is 8.94. The topological polar surface area (TPSA) is 66.6 Å². The molecule has 1 aliphatic heterocycles. The Balaban J connectivity index is 0.00000264. The Kier molecular flexibility index (Phi) is 8.92. The number of halogens is 1. The van der Waals surface area contributed by atoms with Crippen LogP contribution in [-0.4, -0.2) is 53.8 Å². The van der Waals surface area contributed by atoms with Gasteiger partial charge in [-0.2, -0.15) is 0 Å². The smallest absolute Gasteiger partial charge is 0.239 e. The van der Waals surface area contributed by atoms with E-state index in [2.05, 4.69) is 0 Å². The molecule has 6 heteroatoms. The lowest BCUT2D eigenvalue weighted by Crippen LogP contribution is -2.45. The van der Waals surface area contributed by atoms with Crippen LogP contribution < -0.4 is 5.73 Å². The highest BCUT2D eigenvalue weighted by Gasteiger charge is 2.26. The van der Waals surface area contributed by atoms with Crippen molar-refractivity contribution in [2.24, 2.45) is 11.7 Å². The summed E-state index contributed by atoms with van der Waals surface area (Å²) in [4.78, 5) is 28.5. The van der Waals surface area contributed by atoms with Crippen molar-refractivity contribution in [3.05, 3.63) is 0 Å². The summed E-state index contributed by atoms with van der Waals surface area (Å²) in [6.45, 7) is 4.84. The van der Waals surface area contributed by atoms with Crippen molar-refractivity contribution in [1.82, 2.24) is 9.80 Å². The monoisotopic (exact) mass is 345 g/mol. The first-order valence-corrected chi connectivity index (χ1v) is 8.94. The van der Waals surface area contributed by atoms with E-state index in [0.29, 0.717) is 25.4 Å². The molecule has 2 amide bonds. The van der Waals surface area contributed by atoms with Gasteiger partial charge in [0, 0.05) is 32.6 Å². The van der Waals surface area contributed by atoms with Gasteiger partial charge in [0.05, 0.1) is 6.04 Å². The van der Waals surface area contributed by atoms with Gasteiger partial charge in [-0.3, -0.25) is 9.59 Å². The van der Waals surface area contributed by atoms with Crippen LogP contribution in [0.25, 0.3) is 0 Å². The number of carbonyl (C=O) groups is 2. The molecule has 0 radical (unpaired) electrons. The molecular formula is C17H32ClN3O2. The van der Waals surface area contributed by atoms with E-state index in [1.54, 1.807) is 0 Å². The van der Waals surface area contributed by atoms with Crippen LogP contribution in [0, 0.1) is 5.92 Å². The number of nitrogens with zero attached hydrogens (tertiary/aromatic N) is 2. The molecule has 0 aromatic heterocycles. The van der Waals surface area contributed by atoms with Gasteiger partial charge in [-0.05, 0) is 31.6 Å². The number of rotatable bonds is 5. The zero-order valence-corrected chi connectivity index (χ0v) is 15.2. The van der Waals surface area contributed by atoms with Gasteiger partial charge in [0.15, 0.2) is 0 Å². The lowest BCUT2D eigenvalue weighted by Gasteiger charge is -2.25. The number of carbonyl (C=O) groups excluding carboxylic acids is 2. The van der Waals surface area contributed by atoms with Gasteiger partial charge in [0.2, 0.25) is 11.8 Å². The van der Waals surface area contributed by atoms with E-state index in [-0.39, 0.29) is 30.3 Å². The van der Waals surface area contributed by atoms with Crippen molar-refractivity contribution in [2.75, 3.05) is 26.2 Å². The SMILES string of the molecule is CCCC(N)C(=O)N1CCCN(C(=O)CC2CCCC2)CC1.Cl. The van der Waals surface area contributed by atoms with Crippen molar-refractivity contribution < 1.29 is 9.59 Å². The Morgan fingerprint density at radius 1 is 1.04 bits per heavy atom. The summed E-state index contributed by atoms with van der Waals surface area (Å²) < 4.78 is 0. The molecule has 134 valence electrons. The third kappa shape index (κ3) is 5.96. The molecule has 23 heavy (non-hydrogen) atoms. The van der Waals surface area contributed by atoms with Gasteiger partial charge in [-0.25, -0.2) is 0 Å². The van der Waals surface area contributed by atoms with Crippen LogP contribution in [-0.2, 0) is 9.59 Å². The zero-order chi connectivity index (χ0) is 15.9. The van der Waals surface area contributed by atoms with E-state index in [0.717, 1.165) is 32.4 Å². The average Bonchev–Trinajstić information content (AvgIpc) is 2.88. The molecule has 0 spiro atoms. The molecule has 1 atom stereocenters. The molecule has 1 saturated heterocycles. The van der Waals surface area contributed by atoms with Gasteiger partial charge in [0.1, 0.15) is 0 Å². The summed E-state index contributed by atoms with van der Waals surface area (Å²) in [5.41, 5.74) is 5.94. The maximum atomic E-state index is 12.4. The van der Waals surface area contributed by atoms with Gasteiger partial charge in [0.25, 0.3) is 0 Å². The van der Waals surface area contributed by atoms with E-state index >= 15 is 0 Å². The lowest BCUT2D eigenvalue weighted by molar-refractivity contribution is -0.134. The molecule has 2 rings (SSSR count). The molecule has 2 fully saturated rings.